The molecule has 0 spiro atoms. The topological polar surface area (TPSA) is 58.6 Å². The van der Waals surface area contributed by atoms with E-state index in [1.807, 2.05) is 19.2 Å². The van der Waals surface area contributed by atoms with E-state index in [9.17, 15) is 4.79 Å². The molecule has 4 heteroatoms. The van der Waals surface area contributed by atoms with Gasteiger partial charge in [-0.05, 0) is 50.7 Å². The molecule has 0 aliphatic heterocycles. The van der Waals surface area contributed by atoms with Crippen LogP contribution in [0.4, 0.5) is 0 Å². The Morgan fingerprint density at radius 2 is 2.10 bits per heavy atom. The number of nitrogens with zero attached hydrogens (tertiary/aromatic N) is 2. The van der Waals surface area contributed by atoms with Crippen LogP contribution in [0.1, 0.15) is 65.9 Å². The van der Waals surface area contributed by atoms with E-state index in [2.05, 4.69) is 16.0 Å². The van der Waals surface area contributed by atoms with Gasteiger partial charge in [-0.2, -0.15) is 0 Å². The molecule has 1 atom stereocenters. The molecule has 0 amide bonds. The number of aromatic nitrogens is 3. The number of hydrogen-bond donors (Lipinski definition) is 1. The fourth-order valence-corrected chi connectivity index (χ4v) is 3.33. The predicted molar refractivity (Wildman–Crippen MR) is 80.6 cm³/mol. The average molecular weight is 281 g/mol. The minimum absolute atomic E-state index is 0.0185. The van der Waals surface area contributed by atoms with Crippen LogP contribution < -0.4 is 5.56 Å². The molecule has 0 aromatic carbocycles. The second kappa shape index (κ2) is 4.79. The molecule has 1 fully saturated rings. The maximum atomic E-state index is 12.2. The van der Waals surface area contributed by atoms with Crippen molar-refractivity contribution in [2.45, 2.75) is 50.9 Å². The van der Waals surface area contributed by atoms with Crippen molar-refractivity contribution in [1.29, 1.82) is 0 Å². The van der Waals surface area contributed by atoms with Crippen molar-refractivity contribution in [1.82, 2.24) is 15.0 Å². The van der Waals surface area contributed by atoms with Gasteiger partial charge in [-0.25, -0.2) is 4.98 Å². The molecule has 4 rings (SSSR count). The molecule has 1 unspecified atom stereocenters. The summed E-state index contributed by atoms with van der Waals surface area (Å²) in [5.74, 6) is 1.52. The highest BCUT2D eigenvalue weighted by molar-refractivity contribution is 5.35. The van der Waals surface area contributed by atoms with Crippen LogP contribution >= 0.6 is 0 Å². The molecule has 1 saturated carbocycles. The Bertz CT molecular complexity index is 746. The number of fused-ring (bicyclic) bond motifs is 1. The van der Waals surface area contributed by atoms with Gasteiger partial charge in [0, 0.05) is 23.6 Å². The Morgan fingerprint density at radius 3 is 2.90 bits per heavy atom. The quantitative estimate of drug-likeness (QED) is 0.920. The maximum absolute atomic E-state index is 12.2. The van der Waals surface area contributed by atoms with Crippen molar-refractivity contribution >= 4 is 0 Å². The fraction of sp³-hybridized carbons (Fsp3) is 0.471. The lowest BCUT2D eigenvalue weighted by Crippen LogP contribution is -2.22. The first-order chi connectivity index (χ1) is 10.2. The first kappa shape index (κ1) is 12.7. The van der Waals surface area contributed by atoms with Gasteiger partial charge in [0.15, 0.2) is 0 Å². The van der Waals surface area contributed by atoms with Gasteiger partial charge in [-0.1, -0.05) is 6.07 Å². The molecule has 0 saturated heterocycles. The zero-order chi connectivity index (χ0) is 14.4. The van der Waals surface area contributed by atoms with E-state index in [0.717, 1.165) is 54.9 Å². The third-order valence-electron chi connectivity index (χ3n) is 4.70. The van der Waals surface area contributed by atoms with Crippen LogP contribution in [0.15, 0.2) is 23.1 Å². The number of nitrogens with one attached hydrogen (secondary N) is 1. The number of aryl methyl sites for hydroxylation is 1. The Morgan fingerprint density at radius 1 is 1.24 bits per heavy atom. The van der Waals surface area contributed by atoms with Crippen LogP contribution in [-0.2, 0) is 6.42 Å². The van der Waals surface area contributed by atoms with Gasteiger partial charge in [0.2, 0.25) is 0 Å². The van der Waals surface area contributed by atoms with Crippen LogP contribution in [0.5, 0.6) is 0 Å². The standard InChI is InChI=1S/C17H19N3O/c1-10-14(19-16(12-7-8-12)20-17(10)21)13-6-2-4-11-5-3-9-18-15(11)13/h3,5,9,12-13H,2,4,6-8H2,1H3,(H,19,20,21). The molecule has 1 N–H and O–H groups in total. The molecule has 0 bridgehead atoms. The van der Waals surface area contributed by atoms with Gasteiger partial charge >= 0.3 is 0 Å². The Hall–Kier alpha value is -1.97. The van der Waals surface area contributed by atoms with Crippen LogP contribution in [-0.4, -0.2) is 15.0 Å². The highest BCUT2D eigenvalue weighted by atomic mass is 16.1. The molecule has 0 radical (unpaired) electrons. The van der Waals surface area contributed by atoms with Crippen molar-refractivity contribution in [3.63, 3.8) is 0 Å². The maximum Gasteiger partial charge on any atom is 0.254 e. The van der Waals surface area contributed by atoms with Crippen molar-refractivity contribution in [3.05, 3.63) is 57.0 Å². The molecule has 2 aromatic rings. The second-order valence-corrected chi connectivity index (χ2v) is 6.23. The lowest BCUT2D eigenvalue weighted by Gasteiger charge is -2.25. The highest BCUT2D eigenvalue weighted by Crippen LogP contribution is 2.39. The average Bonchev–Trinajstić information content (AvgIpc) is 3.34. The van der Waals surface area contributed by atoms with Gasteiger partial charge in [-0.15, -0.1) is 0 Å². The SMILES string of the molecule is Cc1c(C2CCCc3cccnc32)nc(C2CC2)[nH]c1=O. The second-order valence-electron chi connectivity index (χ2n) is 6.23. The predicted octanol–water partition coefficient (Wildman–Crippen LogP) is 2.82. The van der Waals surface area contributed by atoms with Crippen LogP contribution in [0.3, 0.4) is 0 Å². The van der Waals surface area contributed by atoms with Gasteiger partial charge in [0.1, 0.15) is 5.82 Å². The summed E-state index contributed by atoms with van der Waals surface area (Å²) in [5, 5.41) is 0. The largest absolute Gasteiger partial charge is 0.310 e. The van der Waals surface area contributed by atoms with Crippen LogP contribution in [0, 0.1) is 6.92 Å². The van der Waals surface area contributed by atoms with Crippen LogP contribution in [0.25, 0.3) is 0 Å². The minimum Gasteiger partial charge on any atom is -0.310 e. The molecule has 2 heterocycles. The monoisotopic (exact) mass is 281 g/mol. The zero-order valence-electron chi connectivity index (χ0n) is 12.2. The van der Waals surface area contributed by atoms with E-state index in [1.54, 1.807) is 0 Å². The first-order valence-corrected chi connectivity index (χ1v) is 7.78. The lowest BCUT2D eigenvalue weighted by atomic mass is 9.83. The van der Waals surface area contributed by atoms with Crippen molar-refractivity contribution < 1.29 is 0 Å². The number of H-pyrrole nitrogens is 1. The van der Waals surface area contributed by atoms with Gasteiger partial charge in [-0.3, -0.25) is 9.78 Å². The summed E-state index contributed by atoms with van der Waals surface area (Å²) in [6.07, 6.45) is 7.39. The van der Waals surface area contributed by atoms with Gasteiger partial charge in [0.05, 0.1) is 11.4 Å². The summed E-state index contributed by atoms with van der Waals surface area (Å²) in [6.45, 7) is 1.88. The molecule has 108 valence electrons. The summed E-state index contributed by atoms with van der Waals surface area (Å²) in [4.78, 5) is 24.6. The Labute approximate surface area is 123 Å². The van der Waals surface area contributed by atoms with E-state index < -0.39 is 0 Å². The van der Waals surface area contributed by atoms with Crippen molar-refractivity contribution in [3.8, 4) is 0 Å². The van der Waals surface area contributed by atoms with Gasteiger partial charge in [0.25, 0.3) is 5.56 Å². The molecule has 2 aromatic heterocycles. The molecular formula is C17H19N3O. The van der Waals surface area contributed by atoms with E-state index in [-0.39, 0.29) is 11.5 Å². The third kappa shape index (κ3) is 2.19. The number of pyridine rings is 1. The highest BCUT2D eigenvalue weighted by Gasteiger charge is 2.30. The van der Waals surface area contributed by atoms with Crippen molar-refractivity contribution in [2.24, 2.45) is 0 Å². The summed E-state index contributed by atoms with van der Waals surface area (Å²) in [7, 11) is 0. The van der Waals surface area contributed by atoms with E-state index in [1.165, 1.54) is 5.56 Å². The summed E-state index contributed by atoms with van der Waals surface area (Å²) < 4.78 is 0. The zero-order valence-corrected chi connectivity index (χ0v) is 12.2. The summed E-state index contributed by atoms with van der Waals surface area (Å²) in [5.41, 5.74) is 4.14. The molecule has 2 aliphatic carbocycles. The molecule has 4 nitrogen and oxygen atoms in total. The number of hydrogen-bond acceptors (Lipinski definition) is 3. The third-order valence-corrected chi connectivity index (χ3v) is 4.70. The smallest absolute Gasteiger partial charge is 0.254 e. The minimum atomic E-state index is 0.0185. The lowest BCUT2D eigenvalue weighted by molar-refractivity contribution is 0.579. The fourth-order valence-electron chi connectivity index (χ4n) is 3.33. The van der Waals surface area contributed by atoms with Crippen molar-refractivity contribution in [2.75, 3.05) is 0 Å². The van der Waals surface area contributed by atoms with E-state index in [4.69, 9.17) is 4.98 Å². The van der Waals surface area contributed by atoms with Gasteiger partial charge < -0.3 is 4.98 Å². The Balaban J connectivity index is 1.85. The molecular weight excluding hydrogens is 262 g/mol. The number of rotatable bonds is 2. The normalized spacial score (nSPS) is 21.1. The molecule has 21 heavy (non-hydrogen) atoms. The number of aromatic amines is 1. The summed E-state index contributed by atoms with van der Waals surface area (Å²) in [6, 6.07) is 4.15. The molecule has 2 aliphatic rings. The summed E-state index contributed by atoms with van der Waals surface area (Å²) >= 11 is 0. The first-order valence-electron chi connectivity index (χ1n) is 7.78. The van der Waals surface area contributed by atoms with Crippen LogP contribution in [0.2, 0.25) is 0 Å². The Kier molecular flexibility index (Phi) is 2.91. The van der Waals surface area contributed by atoms with E-state index in [0.29, 0.717) is 5.92 Å². The van der Waals surface area contributed by atoms with E-state index >= 15 is 0 Å².